The summed E-state index contributed by atoms with van der Waals surface area (Å²) in [6.45, 7) is 4.13. The molecule has 2 N–H and O–H groups in total. The molecule has 0 spiro atoms. The lowest BCUT2D eigenvalue weighted by molar-refractivity contribution is -0.150. The number of phosphoric acid groups is 1. The van der Waals surface area contributed by atoms with Crippen LogP contribution in [0.5, 0.6) is 5.75 Å². The first-order chi connectivity index (χ1) is 24.0. The molecule has 0 aliphatic carbocycles. The van der Waals surface area contributed by atoms with Crippen molar-refractivity contribution in [2.45, 2.75) is 77.4 Å². The highest BCUT2D eigenvalue weighted by Gasteiger charge is 2.44. The highest BCUT2D eigenvalue weighted by Crippen LogP contribution is 2.52. The van der Waals surface area contributed by atoms with Crippen molar-refractivity contribution in [1.82, 2.24) is 19.1 Å². The molecule has 6 atom stereocenters. The van der Waals surface area contributed by atoms with Crippen molar-refractivity contribution < 1.29 is 46.7 Å². The molecule has 21 heteroatoms. The van der Waals surface area contributed by atoms with E-state index in [4.69, 9.17) is 55.7 Å². The fourth-order valence-corrected chi connectivity index (χ4v) is 7.01. The largest absolute Gasteiger partial charge is 0.530 e. The zero-order valence-electron chi connectivity index (χ0n) is 27.5. The summed E-state index contributed by atoms with van der Waals surface area (Å²) >= 11 is 12.4. The third-order valence-corrected chi connectivity index (χ3v) is 9.70. The van der Waals surface area contributed by atoms with Crippen LogP contribution in [-0.4, -0.2) is 68.7 Å². The molecule has 5 rings (SSSR count). The smallest absolute Gasteiger partial charge is 0.460 e. The van der Waals surface area contributed by atoms with Gasteiger partial charge in [0.1, 0.15) is 36.9 Å². The standard InChI is InChI=1S/C30H33Cl2N4O14P/c1-14-10-35(29(41)33-27(14)39)25-8-21(46-16(3)37)23(48-25)12-44-51(43,50-20-7-18(31)5-6-19(20)32)45-13-24-22(47-17(4)38)9-26(49-24)36-11-15(2)28(40)34-30(36)42/h5-7,10-11,21-26H,8-9,12-13H2,1-4H3,(H,33,39,41)(H,34,40,42)/t21-,22-,23+,24+,25+,26+/m0/s1. The van der Waals surface area contributed by atoms with Crippen molar-refractivity contribution in [2.75, 3.05) is 13.2 Å². The predicted molar refractivity (Wildman–Crippen MR) is 177 cm³/mol. The topological polar surface area (TPSA) is 226 Å². The molecule has 3 aromatic rings. The van der Waals surface area contributed by atoms with Crippen LogP contribution in [0.15, 0.2) is 49.8 Å². The summed E-state index contributed by atoms with van der Waals surface area (Å²) in [6, 6.07) is 4.09. The van der Waals surface area contributed by atoms with Gasteiger partial charge in [0, 0.05) is 61.3 Å². The Kier molecular flexibility index (Phi) is 11.8. The molecule has 1 aromatic carbocycles. The molecule has 18 nitrogen and oxygen atoms in total. The summed E-state index contributed by atoms with van der Waals surface area (Å²) in [7, 11) is -4.76. The summed E-state index contributed by atoms with van der Waals surface area (Å²) in [5.74, 6) is -1.55. The Balaban J connectivity index is 1.40. The van der Waals surface area contributed by atoms with E-state index in [1.165, 1.54) is 44.4 Å². The summed E-state index contributed by atoms with van der Waals surface area (Å²) in [6.07, 6.45) is -3.86. The van der Waals surface area contributed by atoms with Crippen LogP contribution >= 0.6 is 31.0 Å². The maximum Gasteiger partial charge on any atom is 0.530 e. The quantitative estimate of drug-likeness (QED) is 0.199. The number of aromatic nitrogens is 4. The molecular weight excluding hydrogens is 742 g/mol. The summed E-state index contributed by atoms with van der Waals surface area (Å²) in [4.78, 5) is 77.2. The third-order valence-electron chi connectivity index (χ3n) is 7.81. The zero-order chi connectivity index (χ0) is 37.2. The van der Waals surface area contributed by atoms with Gasteiger partial charge in [0.15, 0.2) is 5.75 Å². The molecule has 0 bridgehead atoms. The molecule has 2 aliphatic heterocycles. The van der Waals surface area contributed by atoms with Crippen molar-refractivity contribution in [3.63, 3.8) is 0 Å². The number of rotatable bonds is 12. The van der Waals surface area contributed by atoms with Gasteiger partial charge in [-0.2, -0.15) is 0 Å². The zero-order valence-corrected chi connectivity index (χ0v) is 29.9. The van der Waals surface area contributed by atoms with Crippen LogP contribution in [0.25, 0.3) is 0 Å². The molecule has 2 saturated heterocycles. The van der Waals surface area contributed by atoms with E-state index >= 15 is 0 Å². The molecule has 0 saturated carbocycles. The van der Waals surface area contributed by atoms with E-state index in [9.17, 15) is 33.3 Å². The molecule has 0 unspecified atom stereocenters. The van der Waals surface area contributed by atoms with Gasteiger partial charge in [-0.3, -0.25) is 47.3 Å². The molecule has 2 aliphatic rings. The van der Waals surface area contributed by atoms with Crippen molar-refractivity contribution in [3.05, 3.63) is 93.4 Å². The lowest BCUT2D eigenvalue weighted by atomic mass is 10.2. The van der Waals surface area contributed by atoms with E-state index < -0.39 is 92.3 Å². The number of aryl methyl sites for hydroxylation is 2. The summed E-state index contributed by atoms with van der Waals surface area (Å²) in [5, 5.41) is 0.149. The number of esters is 2. The predicted octanol–water partition coefficient (Wildman–Crippen LogP) is 2.67. The number of aromatic amines is 2. The van der Waals surface area contributed by atoms with Crippen LogP contribution in [0, 0.1) is 13.8 Å². The first kappa shape index (κ1) is 38.2. The van der Waals surface area contributed by atoms with Crippen molar-refractivity contribution >= 4 is 43.0 Å². The number of hydrogen-bond acceptors (Lipinski definition) is 14. The van der Waals surface area contributed by atoms with E-state index in [0.717, 1.165) is 23.0 Å². The van der Waals surface area contributed by atoms with E-state index in [1.54, 1.807) is 0 Å². The van der Waals surface area contributed by atoms with Crippen LogP contribution in [-0.2, 0) is 42.1 Å². The Bertz CT molecular complexity index is 1980. The molecule has 2 fully saturated rings. The Hall–Kier alpha value is -4.03. The Morgan fingerprint density at radius 1 is 0.824 bits per heavy atom. The summed E-state index contributed by atoms with van der Waals surface area (Å²) < 4.78 is 56.4. The monoisotopic (exact) mass is 774 g/mol. The first-order valence-electron chi connectivity index (χ1n) is 15.3. The van der Waals surface area contributed by atoms with Crippen LogP contribution in [0.4, 0.5) is 0 Å². The molecular formula is C30H33Cl2N4O14P. The molecule has 276 valence electrons. The van der Waals surface area contributed by atoms with Crippen molar-refractivity contribution in [3.8, 4) is 5.75 Å². The van der Waals surface area contributed by atoms with Crippen molar-refractivity contribution in [1.29, 1.82) is 0 Å². The normalized spacial score (nSPS) is 23.3. The van der Waals surface area contributed by atoms with Gasteiger partial charge < -0.3 is 23.5 Å². The lowest BCUT2D eigenvalue weighted by Gasteiger charge is -2.25. The van der Waals surface area contributed by atoms with Crippen LogP contribution in [0.1, 0.15) is 50.3 Å². The number of hydrogen-bond donors (Lipinski definition) is 2. The van der Waals surface area contributed by atoms with Gasteiger partial charge in [-0.05, 0) is 26.0 Å². The number of benzene rings is 1. The maximum absolute atomic E-state index is 14.3. The molecule has 51 heavy (non-hydrogen) atoms. The Morgan fingerprint density at radius 3 is 1.71 bits per heavy atom. The van der Waals surface area contributed by atoms with E-state index in [2.05, 4.69) is 9.97 Å². The number of carbonyl (C=O) groups excluding carboxylic acids is 2. The summed E-state index contributed by atoms with van der Waals surface area (Å²) in [5.41, 5.74) is -2.29. The molecule has 4 heterocycles. The number of nitrogens with one attached hydrogen (secondary N) is 2. The molecule has 0 radical (unpaired) electrons. The SMILES string of the molecule is CC(=O)O[C@H]1C[C@H](n2cc(C)c(=O)[nH]c2=O)O[C@@H]1COP(=O)(OC[C@H]1O[C@@H](n2cc(C)c(=O)[nH]c2=O)C[C@@H]1OC(C)=O)Oc1cc(Cl)ccc1Cl. The fourth-order valence-electron chi connectivity index (χ4n) is 5.40. The highest BCUT2D eigenvalue weighted by molar-refractivity contribution is 7.48. The second-order valence-corrected chi connectivity index (χ2v) is 14.1. The lowest BCUT2D eigenvalue weighted by Crippen LogP contribution is -2.34. The first-order valence-corrected chi connectivity index (χ1v) is 17.6. The van der Waals surface area contributed by atoms with Gasteiger partial charge in [-0.1, -0.05) is 23.2 Å². The number of halogens is 2. The highest BCUT2D eigenvalue weighted by atomic mass is 35.5. The molecule has 0 amide bonds. The van der Waals surface area contributed by atoms with E-state index in [0.29, 0.717) is 0 Å². The Labute approximate surface area is 298 Å². The molecule has 2 aromatic heterocycles. The maximum atomic E-state index is 14.3. The average molecular weight is 775 g/mol. The average Bonchev–Trinajstić information content (AvgIpc) is 3.63. The van der Waals surface area contributed by atoms with Crippen LogP contribution in [0.2, 0.25) is 10.0 Å². The van der Waals surface area contributed by atoms with Gasteiger partial charge in [-0.15, -0.1) is 0 Å². The van der Waals surface area contributed by atoms with Crippen LogP contribution < -0.4 is 27.0 Å². The third kappa shape index (κ3) is 9.26. The number of phosphoric ester groups is 1. The van der Waals surface area contributed by atoms with Gasteiger partial charge in [0.05, 0.1) is 18.2 Å². The fraction of sp³-hybridized carbons (Fsp3) is 0.467. The van der Waals surface area contributed by atoms with Crippen LogP contribution in [0.3, 0.4) is 0 Å². The Morgan fingerprint density at radius 2 is 1.27 bits per heavy atom. The minimum absolute atomic E-state index is 0.0163. The minimum atomic E-state index is -4.76. The van der Waals surface area contributed by atoms with Gasteiger partial charge in [0.2, 0.25) is 0 Å². The van der Waals surface area contributed by atoms with E-state index in [1.807, 2.05) is 0 Å². The van der Waals surface area contributed by atoms with Gasteiger partial charge in [-0.25, -0.2) is 14.2 Å². The van der Waals surface area contributed by atoms with Crippen molar-refractivity contribution in [2.24, 2.45) is 0 Å². The number of carbonyl (C=O) groups is 2. The second kappa shape index (κ2) is 15.7. The number of ether oxygens (including phenoxy) is 4. The number of H-pyrrole nitrogens is 2. The van der Waals surface area contributed by atoms with E-state index in [-0.39, 0.29) is 39.8 Å². The van der Waals surface area contributed by atoms with Gasteiger partial charge in [0.25, 0.3) is 11.1 Å². The minimum Gasteiger partial charge on any atom is -0.460 e. The van der Waals surface area contributed by atoms with Gasteiger partial charge >= 0.3 is 31.1 Å². The number of nitrogens with zero attached hydrogens (tertiary/aromatic N) is 2. The second-order valence-electron chi connectivity index (χ2n) is 11.7.